The number of β-amino-alcohol motifs (C(OH)–C–C–N with tert-alkyl or cyclic N) is 1. The summed E-state index contributed by atoms with van der Waals surface area (Å²) in [5.74, 6) is 2.58. The molecular weight excluding hydrogens is 721 g/mol. The molecule has 0 radical (unpaired) electrons. The Morgan fingerprint density at radius 3 is 2.49 bits per heavy atom. The molecule has 4 aliphatic heterocycles. The van der Waals surface area contributed by atoms with Gasteiger partial charge in [0.2, 0.25) is 11.9 Å². The number of aromatic nitrogens is 6. The Labute approximate surface area is 332 Å². The molecule has 1 saturated carbocycles. The number of phenols is 1. The summed E-state index contributed by atoms with van der Waals surface area (Å²) < 4.78 is 5.79. The van der Waals surface area contributed by atoms with Crippen molar-refractivity contribution in [2.24, 2.45) is 11.3 Å². The Morgan fingerprint density at radius 2 is 1.77 bits per heavy atom. The molecule has 5 aromatic rings. The van der Waals surface area contributed by atoms with Gasteiger partial charge in [0.1, 0.15) is 11.7 Å². The molecule has 1 spiro atoms. The first-order chi connectivity index (χ1) is 27.6. The predicted octanol–water partition coefficient (Wildman–Crippen LogP) is 5.41. The molecule has 4 aromatic heterocycles. The minimum atomic E-state index is -0.437. The van der Waals surface area contributed by atoms with Crippen LogP contribution >= 0.6 is 0 Å². The minimum absolute atomic E-state index is 0.0233. The molecule has 1 aromatic carbocycles. The average molecular weight is 773 g/mol. The number of phenolic OH excluding ortho intramolecular Hbond substituents is 1. The second kappa shape index (κ2) is 14.1. The summed E-state index contributed by atoms with van der Waals surface area (Å²) in [6.45, 7) is 12.2. The van der Waals surface area contributed by atoms with E-state index < -0.39 is 6.10 Å². The molecule has 1 amide bonds. The molecule has 8 heterocycles. The number of aliphatic hydroxyl groups excluding tert-OH is 1. The quantitative estimate of drug-likeness (QED) is 0.184. The number of nitrogens with zero attached hydrogens (tertiary/aromatic N) is 9. The van der Waals surface area contributed by atoms with Crippen LogP contribution in [-0.2, 0) is 11.2 Å². The van der Waals surface area contributed by atoms with Gasteiger partial charge in [0.15, 0.2) is 17.2 Å². The third kappa shape index (κ3) is 6.41. The van der Waals surface area contributed by atoms with Crippen LogP contribution < -0.4 is 9.80 Å². The highest BCUT2D eigenvalue weighted by Crippen LogP contribution is 2.52. The van der Waals surface area contributed by atoms with E-state index in [1.54, 1.807) is 17.0 Å². The number of aromatic hydroxyl groups is 1. The summed E-state index contributed by atoms with van der Waals surface area (Å²) in [4.78, 5) is 35.7. The van der Waals surface area contributed by atoms with Gasteiger partial charge in [0, 0.05) is 91.3 Å². The van der Waals surface area contributed by atoms with Crippen molar-refractivity contribution < 1.29 is 19.5 Å². The SMILES string of the molecule is CC(C)C(C(=O)N1CC[C@@H](O)C1)c1cc(N2CC3(CC(N4CCC(c5cnc(N6CCc7[nH]c8nnc(-c9ccccc9O)cc8c7[C@H]6C)nc5)CC4)C3)C2)no1. The van der Waals surface area contributed by atoms with Crippen molar-refractivity contribution in [1.82, 2.24) is 40.1 Å². The largest absolute Gasteiger partial charge is 0.507 e. The van der Waals surface area contributed by atoms with Crippen LogP contribution in [0.2, 0.25) is 0 Å². The van der Waals surface area contributed by atoms with Gasteiger partial charge in [-0.15, -0.1) is 10.2 Å². The van der Waals surface area contributed by atoms with Gasteiger partial charge in [-0.1, -0.05) is 31.1 Å². The standard InChI is InChI=1S/C43H52N10O4/c1-25(2)38(41(56)51-14-10-30(54)22-51)36-17-37(49-57-36)52-23-43(24-52)18-29(19-43)50-12-8-27(9-13-50)28-20-44-42(45-21-28)53-15-11-33-39(26(53)3)32-16-34(47-48-40(32)46-33)31-6-4-5-7-35(31)55/h4-7,16-17,20-21,25-27,29-30,38,54-55H,8-15,18-19,22-24H2,1-3H3,(H,46,48)/t26-,30-,38?/m1/s1. The zero-order valence-electron chi connectivity index (χ0n) is 33.0. The van der Waals surface area contributed by atoms with Crippen LogP contribution in [-0.4, -0.2) is 114 Å². The second-order valence-electron chi connectivity index (χ2n) is 17.7. The Bertz CT molecular complexity index is 2270. The number of nitrogens with one attached hydrogen (secondary N) is 1. The summed E-state index contributed by atoms with van der Waals surface area (Å²) in [7, 11) is 0. The number of carbonyl (C=O) groups excluding carboxylic acids is 1. The van der Waals surface area contributed by atoms with Gasteiger partial charge < -0.3 is 39.3 Å². The van der Waals surface area contributed by atoms with E-state index in [9.17, 15) is 15.0 Å². The number of fused-ring (bicyclic) bond motifs is 3. The first-order valence-electron chi connectivity index (χ1n) is 20.8. The molecule has 1 unspecified atom stereocenters. The van der Waals surface area contributed by atoms with Crippen molar-refractivity contribution in [3.05, 3.63) is 71.4 Å². The molecule has 5 aliphatic rings. The van der Waals surface area contributed by atoms with E-state index >= 15 is 0 Å². The van der Waals surface area contributed by atoms with Crippen molar-refractivity contribution in [3.63, 3.8) is 0 Å². The van der Waals surface area contributed by atoms with Crippen LogP contribution in [0.15, 0.2) is 53.3 Å². The molecule has 14 nitrogen and oxygen atoms in total. The summed E-state index contributed by atoms with van der Waals surface area (Å²) in [6, 6.07) is 11.9. The fourth-order valence-corrected chi connectivity index (χ4v) is 10.5. The molecule has 298 valence electrons. The Morgan fingerprint density at radius 1 is 1.00 bits per heavy atom. The van der Waals surface area contributed by atoms with Crippen molar-refractivity contribution in [1.29, 1.82) is 0 Å². The monoisotopic (exact) mass is 772 g/mol. The number of amides is 1. The maximum Gasteiger partial charge on any atom is 0.233 e. The van der Waals surface area contributed by atoms with Crippen molar-refractivity contribution in [2.45, 2.75) is 89.3 Å². The summed E-state index contributed by atoms with van der Waals surface area (Å²) in [5.41, 5.74) is 6.00. The molecule has 3 N–H and O–H groups in total. The zero-order chi connectivity index (χ0) is 39.0. The van der Waals surface area contributed by atoms with Gasteiger partial charge >= 0.3 is 0 Å². The molecule has 14 heteroatoms. The lowest BCUT2D eigenvalue weighted by atomic mass is 9.60. The first kappa shape index (κ1) is 36.3. The number of para-hydroxylation sites is 1. The number of aromatic amines is 1. The second-order valence-corrected chi connectivity index (χ2v) is 17.7. The van der Waals surface area contributed by atoms with Crippen LogP contribution in [0.1, 0.15) is 93.3 Å². The third-order valence-electron chi connectivity index (χ3n) is 13.7. The molecule has 1 aliphatic carbocycles. The number of aliphatic hydroxyl groups is 1. The van der Waals surface area contributed by atoms with Gasteiger partial charge in [0.25, 0.3) is 0 Å². The minimum Gasteiger partial charge on any atom is -0.507 e. The molecule has 57 heavy (non-hydrogen) atoms. The zero-order valence-corrected chi connectivity index (χ0v) is 33.0. The molecule has 4 fully saturated rings. The number of hydrogen-bond donors (Lipinski definition) is 3. The molecule has 3 saturated heterocycles. The molecular formula is C43H52N10O4. The number of anilines is 2. The maximum atomic E-state index is 13.3. The summed E-state index contributed by atoms with van der Waals surface area (Å²) >= 11 is 0. The van der Waals surface area contributed by atoms with Gasteiger partial charge in [-0.25, -0.2) is 9.97 Å². The Hall–Kier alpha value is -5.08. The Balaban J connectivity index is 0.722. The van der Waals surface area contributed by atoms with E-state index in [1.807, 2.05) is 38.1 Å². The summed E-state index contributed by atoms with van der Waals surface area (Å²) in [6.07, 6.45) is 9.80. The van der Waals surface area contributed by atoms with Crippen LogP contribution in [0, 0.1) is 11.3 Å². The van der Waals surface area contributed by atoms with Crippen molar-refractivity contribution in [2.75, 3.05) is 55.6 Å². The smallest absolute Gasteiger partial charge is 0.233 e. The number of rotatable bonds is 8. The predicted molar refractivity (Wildman–Crippen MR) is 215 cm³/mol. The van der Waals surface area contributed by atoms with E-state index in [-0.39, 0.29) is 29.5 Å². The average Bonchev–Trinajstić information content (AvgIpc) is 3.93. The van der Waals surface area contributed by atoms with Gasteiger partial charge in [-0.3, -0.25) is 4.79 Å². The first-order valence-corrected chi connectivity index (χ1v) is 20.8. The Kier molecular flexibility index (Phi) is 8.96. The fraction of sp³-hybridized carbons (Fsp3) is 0.535. The highest BCUT2D eigenvalue weighted by Gasteiger charge is 2.54. The fourth-order valence-electron chi connectivity index (χ4n) is 10.5. The number of benzene rings is 1. The van der Waals surface area contributed by atoms with Crippen LogP contribution in [0.4, 0.5) is 11.8 Å². The van der Waals surface area contributed by atoms with Gasteiger partial charge in [0.05, 0.1) is 17.8 Å². The van der Waals surface area contributed by atoms with Gasteiger partial charge in [-0.05, 0) is 87.7 Å². The number of H-pyrrole nitrogens is 1. The van der Waals surface area contributed by atoms with Crippen LogP contribution in [0.3, 0.4) is 0 Å². The summed E-state index contributed by atoms with van der Waals surface area (Å²) in [5, 5.41) is 34.7. The lowest BCUT2D eigenvalue weighted by Crippen LogP contribution is -2.67. The lowest BCUT2D eigenvalue weighted by molar-refractivity contribution is -0.133. The number of piperidine rings is 1. The number of hydrogen-bond acceptors (Lipinski definition) is 12. The van der Waals surface area contributed by atoms with E-state index in [1.165, 1.54) is 29.7 Å². The van der Waals surface area contributed by atoms with Gasteiger partial charge in [-0.2, -0.15) is 0 Å². The number of likely N-dealkylation sites (tertiary alicyclic amines) is 2. The highest BCUT2D eigenvalue weighted by molar-refractivity contribution is 5.86. The van der Waals surface area contributed by atoms with E-state index in [0.717, 1.165) is 74.8 Å². The number of carbonyl (C=O) groups is 1. The van der Waals surface area contributed by atoms with E-state index in [2.05, 4.69) is 54.4 Å². The van der Waals surface area contributed by atoms with E-state index in [4.69, 9.17) is 14.5 Å². The maximum absolute atomic E-state index is 13.3. The van der Waals surface area contributed by atoms with E-state index in [0.29, 0.717) is 53.9 Å². The molecule has 3 atom stereocenters. The topological polar surface area (TPSA) is 164 Å². The third-order valence-corrected chi connectivity index (χ3v) is 13.7. The van der Waals surface area contributed by atoms with Crippen LogP contribution in [0.5, 0.6) is 5.75 Å². The molecule has 10 rings (SSSR count). The normalized spacial score (nSPS) is 23.3. The lowest BCUT2D eigenvalue weighted by Gasteiger charge is -2.61. The molecule has 0 bridgehead atoms. The van der Waals surface area contributed by atoms with Crippen molar-refractivity contribution in [3.8, 4) is 17.0 Å². The highest BCUT2D eigenvalue weighted by atomic mass is 16.5. The van der Waals surface area contributed by atoms with Crippen LogP contribution in [0.25, 0.3) is 22.3 Å². The van der Waals surface area contributed by atoms with Crippen molar-refractivity contribution >= 4 is 28.7 Å².